The van der Waals surface area contributed by atoms with Gasteiger partial charge in [0.2, 0.25) is 0 Å². The Hall–Kier alpha value is -0.540. The Morgan fingerprint density at radius 1 is 1.35 bits per heavy atom. The zero-order valence-electron chi connectivity index (χ0n) is 10.7. The Labute approximate surface area is 113 Å². The number of hydrogen-bond donors (Lipinski definition) is 1. The summed E-state index contributed by atoms with van der Waals surface area (Å²) >= 11 is 3.55. The fourth-order valence-corrected chi connectivity index (χ4v) is 2.67. The first-order valence-electron chi connectivity index (χ1n) is 6.35. The van der Waals surface area contributed by atoms with Gasteiger partial charge in [-0.05, 0) is 62.5 Å². The van der Waals surface area contributed by atoms with Crippen molar-refractivity contribution in [2.75, 3.05) is 31.6 Å². The van der Waals surface area contributed by atoms with Crippen LogP contribution in [0.25, 0.3) is 0 Å². The molecule has 0 aliphatic carbocycles. The lowest BCUT2D eigenvalue weighted by atomic mass is 9.97. The van der Waals surface area contributed by atoms with Crippen LogP contribution in [-0.4, -0.2) is 26.7 Å². The molecule has 2 rings (SSSR count). The van der Waals surface area contributed by atoms with Gasteiger partial charge in [0, 0.05) is 23.8 Å². The van der Waals surface area contributed by atoms with Gasteiger partial charge in [-0.2, -0.15) is 0 Å². The summed E-state index contributed by atoms with van der Waals surface area (Å²) in [5.74, 6) is 0.838. The lowest BCUT2D eigenvalue weighted by molar-refractivity contribution is 0.378. The second kappa shape index (κ2) is 5.87. The number of piperidine rings is 1. The molecule has 1 fully saturated rings. The van der Waals surface area contributed by atoms with Crippen molar-refractivity contribution in [3.05, 3.63) is 28.2 Å². The van der Waals surface area contributed by atoms with Crippen LogP contribution in [0.3, 0.4) is 0 Å². The molecule has 1 N–H and O–H groups in total. The number of rotatable bonds is 3. The lowest BCUT2D eigenvalue weighted by Gasteiger charge is -2.29. The lowest BCUT2D eigenvalue weighted by Crippen LogP contribution is -2.34. The second-order valence-corrected chi connectivity index (χ2v) is 5.86. The van der Waals surface area contributed by atoms with Gasteiger partial charge in [0.1, 0.15) is 0 Å². The summed E-state index contributed by atoms with van der Waals surface area (Å²) in [5.41, 5.74) is 2.63. The summed E-state index contributed by atoms with van der Waals surface area (Å²) in [6, 6.07) is 6.59. The minimum absolute atomic E-state index is 0.838. The second-order valence-electron chi connectivity index (χ2n) is 5.01. The Bertz CT molecular complexity index is 372. The molecule has 1 aromatic rings. The van der Waals surface area contributed by atoms with Gasteiger partial charge in [0.15, 0.2) is 0 Å². The molecule has 0 unspecified atom stereocenters. The largest absolute Gasteiger partial charge is 0.374 e. The average Bonchev–Trinajstić information content (AvgIpc) is 2.34. The summed E-state index contributed by atoms with van der Waals surface area (Å²) in [7, 11) is 2.20. The fraction of sp³-hybridized carbons (Fsp3) is 0.571. The molecule has 3 heteroatoms. The number of aryl methyl sites for hydroxylation is 1. The van der Waals surface area contributed by atoms with E-state index in [2.05, 4.69) is 58.3 Å². The van der Waals surface area contributed by atoms with Crippen LogP contribution in [0.2, 0.25) is 0 Å². The van der Waals surface area contributed by atoms with Gasteiger partial charge in [0.05, 0.1) is 0 Å². The maximum atomic E-state index is 3.55. The maximum Gasteiger partial charge on any atom is 0.0367 e. The molecular formula is C14H21BrN2. The van der Waals surface area contributed by atoms with E-state index in [9.17, 15) is 0 Å². The molecular weight excluding hydrogens is 276 g/mol. The fourth-order valence-electron chi connectivity index (χ4n) is 2.42. The number of anilines is 1. The Kier molecular flexibility index (Phi) is 4.46. The molecule has 0 atom stereocenters. The van der Waals surface area contributed by atoms with Crippen LogP contribution in [0, 0.1) is 12.8 Å². The van der Waals surface area contributed by atoms with Crippen molar-refractivity contribution in [2.45, 2.75) is 19.8 Å². The van der Waals surface area contributed by atoms with E-state index in [1.54, 1.807) is 0 Å². The van der Waals surface area contributed by atoms with Crippen molar-refractivity contribution in [1.29, 1.82) is 0 Å². The number of nitrogens with one attached hydrogen (secondary N) is 1. The zero-order valence-corrected chi connectivity index (χ0v) is 12.3. The van der Waals surface area contributed by atoms with Crippen LogP contribution < -0.4 is 10.2 Å². The average molecular weight is 297 g/mol. The van der Waals surface area contributed by atoms with E-state index in [0.717, 1.165) is 5.92 Å². The van der Waals surface area contributed by atoms with Crippen LogP contribution in [0.5, 0.6) is 0 Å². The van der Waals surface area contributed by atoms with Crippen molar-refractivity contribution in [1.82, 2.24) is 5.32 Å². The first-order chi connectivity index (χ1) is 8.16. The molecule has 0 saturated carbocycles. The standard InChI is InChI=1S/C14H21BrN2/c1-11-9-13(3-4-14(11)15)17(2)10-12-5-7-16-8-6-12/h3-4,9,12,16H,5-8,10H2,1-2H3. The topological polar surface area (TPSA) is 15.3 Å². The third-order valence-corrected chi connectivity index (χ3v) is 4.46. The minimum atomic E-state index is 0.838. The van der Waals surface area contributed by atoms with Crippen molar-refractivity contribution in [2.24, 2.45) is 5.92 Å². The predicted octanol–water partition coefficient (Wildman–Crippen LogP) is 3.19. The van der Waals surface area contributed by atoms with Crippen LogP contribution in [-0.2, 0) is 0 Å². The summed E-state index contributed by atoms with van der Waals surface area (Å²) in [5, 5.41) is 3.42. The highest BCUT2D eigenvalue weighted by atomic mass is 79.9. The zero-order chi connectivity index (χ0) is 12.3. The molecule has 2 nitrogen and oxygen atoms in total. The highest BCUT2D eigenvalue weighted by Crippen LogP contribution is 2.24. The van der Waals surface area contributed by atoms with Gasteiger partial charge >= 0.3 is 0 Å². The molecule has 1 heterocycles. The molecule has 0 amide bonds. The van der Waals surface area contributed by atoms with Gasteiger partial charge in [-0.25, -0.2) is 0 Å². The molecule has 94 valence electrons. The first kappa shape index (κ1) is 12.9. The van der Waals surface area contributed by atoms with Crippen molar-refractivity contribution < 1.29 is 0 Å². The quantitative estimate of drug-likeness (QED) is 0.921. The van der Waals surface area contributed by atoms with E-state index < -0.39 is 0 Å². The number of hydrogen-bond acceptors (Lipinski definition) is 2. The van der Waals surface area contributed by atoms with E-state index >= 15 is 0 Å². The number of benzene rings is 1. The van der Waals surface area contributed by atoms with Crippen LogP contribution in [0.1, 0.15) is 18.4 Å². The third-order valence-electron chi connectivity index (χ3n) is 3.57. The van der Waals surface area contributed by atoms with Crippen molar-refractivity contribution in [3.63, 3.8) is 0 Å². The van der Waals surface area contributed by atoms with Gasteiger partial charge in [0.25, 0.3) is 0 Å². The van der Waals surface area contributed by atoms with E-state index in [1.165, 1.54) is 48.2 Å². The Balaban J connectivity index is 1.98. The first-order valence-corrected chi connectivity index (χ1v) is 7.14. The number of nitrogens with zero attached hydrogens (tertiary/aromatic N) is 1. The molecule has 1 aliphatic rings. The smallest absolute Gasteiger partial charge is 0.0367 e. The predicted molar refractivity (Wildman–Crippen MR) is 77.7 cm³/mol. The van der Waals surface area contributed by atoms with E-state index in [4.69, 9.17) is 0 Å². The highest BCUT2D eigenvalue weighted by Gasteiger charge is 2.15. The van der Waals surface area contributed by atoms with Crippen LogP contribution in [0.4, 0.5) is 5.69 Å². The van der Waals surface area contributed by atoms with E-state index in [-0.39, 0.29) is 0 Å². The summed E-state index contributed by atoms with van der Waals surface area (Å²) in [6.45, 7) is 5.67. The normalized spacial score (nSPS) is 17.1. The van der Waals surface area contributed by atoms with Gasteiger partial charge in [-0.3, -0.25) is 0 Å². The molecule has 17 heavy (non-hydrogen) atoms. The monoisotopic (exact) mass is 296 g/mol. The molecule has 0 spiro atoms. The minimum Gasteiger partial charge on any atom is -0.374 e. The van der Waals surface area contributed by atoms with Crippen LogP contribution >= 0.6 is 15.9 Å². The summed E-state index contributed by atoms with van der Waals surface area (Å²) in [4.78, 5) is 2.38. The van der Waals surface area contributed by atoms with Gasteiger partial charge in [-0.15, -0.1) is 0 Å². The van der Waals surface area contributed by atoms with Gasteiger partial charge < -0.3 is 10.2 Å². The Morgan fingerprint density at radius 2 is 2.06 bits per heavy atom. The Morgan fingerprint density at radius 3 is 2.71 bits per heavy atom. The van der Waals surface area contributed by atoms with E-state index in [1.807, 2.05) is 0 Å². The molecule has 1 saturated heterocycles. The summed E-state index contributed by atoms with van der Waals surface area (Å²) in [6.07, 6.45) is 2.61. The maximum absolute atomic E-state index is 3.55. The van der Waals surface area contributed by atoms with Crippen molar-refractivity contribution >= 4 is 21.6 Å². The van der Waals surface area contributed by atoms with Crippen LogP contribution in [0.15, 0.2) is 22.7 Å². The number of halogens is 1. The molecule has 0 bridgehead atoms. The van der Waals surface area contributed by atoms with Gasteiger partial charge in [-0.1, -0.05) is 15.9 Å². The molecule has 1 aliphatic heterocycles. The van der Waals surface area contributed by atoms with E-state index in [0.29, 0.717) is 0 Å². The summed E-state index contributed by atoms with van der Waals surface area (Å²) < 4.78 is 1.19. The third kappa shape index (κ3) is 3.46. The molecule has 0 radical (unpaired) electrons. The molecule has 1 aromatic carbocycles. The van der Waals surface area contributed by atoms with Crippen molar-refractivity contribution in [3.8, 4) is 0 Å². The molecule has 0 aromatic heterocycles. The highest BCUT2D eigenvalue weighted by molar-refractivity contribution is 9.10. The SMILES string of the molecule is Cc1cc(N(C)CC2CCNCC2)ccc1Br.